The van der Waals surface area contributed by atoms with Crippen LogP contribution in [0, 0.1) is 0 Å². The smallest absolute Gasteiger partial charge is 0.0428 e. The van der Waals surface area contributed by atoms with Crippen molar-refractivity contribution in [2.45, 2.75) is 33.1 Å². The molecule has 2 aromatic heterocycles. The highest BCUT2D eigenvalue weighted by Crippen LogP contribution is 2.08. The third-order valence-corrected chi connectivity index (χ3v) is 2.41. The first-order chi connectivity index (χ1) is 8.24. The average Bonchev–Trinajstić information content (AvgIpc) is 2.41. The third kappa shape index (κ3) is 5.25. The number of aromatic nitrogens is 2. The SMILES string of the molecule is CC(C)c1ccccn1.CCc1cccnc1. The van der Waals surface area contributed by atoms with E-state index in [-0.39, 0.29) is 0 Å². The van der Waals surface area contributed by atoms with Gasteiger partial charge in [0.15, 0.2) is 0 Å². The van der Waals surface area contributed by atoms with E-state index in [2.05, 4.69) is 36.8 Å². The Hall–Kier alpha value is -1.70. The molecule has 90 valence electrons. The molecule has 0 aliphatic carbocycles. The van der Waals surface area contributed by atoms with Gasteiger partial charge in [0.1, 0.15) is 0 Å². The predicted octanol–water partition coefficient (Wildman–Crippen LogP) is 3.85. The van der Waals surface area contributed by atoms with Crippen molar-refractivity contribution in [2.24, 2.45) is 0 Å². The molecule has 0 saturated carbocycles. The Bertz CT molecular complexity index is 396. The molecule has 0 fully saturated rings. The van der Waals surface area contributed by atoms with Crippen molar-refractivity contribution in [3.8, 4) is 0 Å². The summed E-state index contributed by atoms with van der Waals surface area (Å²) in [7, 11) is 0. The van der Waals surface area contributed by atoms with Crippen LogP contribution >= 0.6 is 0 Å². The molecular formula is C15H20N2. The molecule has 0 saturated heterocycles. The Morgan fingerprint density at radius 1 is 1.06 bits per heavy atom. The van der Waals surface area contributed by atoms with E-state index in [1.54, 1.807) is 6.20 Å². The highest BCUT2D eigenvalue weighted by molar-refractivity contribution is 5.07. The van der Waals surface area contributed by atoms with Crippen molar-refractivity contribution in [3.63, 3.8) is 0 Å². The summed E-state index contributed by atoms with van der Waals surface area (Å²) >= 11 is 0. The van der Waals surface area contributed by atoms with E-state index < -0.39 is 0 Å². The van der Waals surface area contributed by atoms with Crippen molar-refractivity contribution in [2.75, 3.05) is 0 Å². The fraction of sp³-hybridized carbons (Fsp3) is 0.333. The van der Waals surface area contributed by atoms with E-state index in [1.807, 2.05) is 36.7 Å². The molecular weight excluding hydrogens is 208 g/mol. The summed E-state index contributed by atoms with van der Waals surface area (Å²) in [6.07, 6.45) is 6.59. The Morgan fingerprint density at radius 2 is 1.88 bits per heavy atom. The molecule has 2 nitrogen and oxygen atoms in total. The number of hydrogen-bond acceptors (Lipinski definition) is 2. The maximum absolute atomic E-state index is 4.18. The van der Waals surface area contributed by atoms with E-state index in [0.29, 0.717) is 5.92 Å². The molecule has 2 heterocycles. The fourth-order valence-corrected chi connectivity index (χ4v) is 1.32. The van der Waals surface area contributed by atoms with Crippen LogP contribution in [0.1, 0.15) is 37.9 Å². The van der Waals surface area contributed by atoms with E-state index in [4.69, 9.17) is 0 Å². The van der Waals surface area contributed by atoms with Crippen LogP contribution in [0.15, 0.2) is 48.9 Å². The number of rotatable bonds is 2. The molecule has 0 radical (unpaired) electrons. The van der Waals surface area contributed by atoms with Gasteiger partial charge in [-0.05, 0) is 36.1 Å². The van der Waals surface area contributed by atoms with Gasteiger partial charge < -0.3 is 0 Å². The first kappa shape index (κ1) is 13.4. The second-order valence-corrected chi connectivity index (χ2v) is 4.12. The molecule has 0 amide bonds. The number of pyridine rings is 2. The van der Waals surface area contributed by atoms with Gasteiger partial charge in [0.05, 0.1) is 0 Å². The number of aryl methyl sites for hydroxylation is 1. The van der Waals surface area contributed by atoms with E-state index in [9.17, 15) is 0 Å². The first-order valence-corrected chi connectivity index (χ1v) is 6.03. The van der Waals surface area contributed by atoms with Crippen LogP contribution in [0.3, 0.4) is 0 Å². The van der Waals surface area contributed by atoms with Crippen molar-refractivity contribution >= 4 is 0 Å². The van der Waals surface area contributed by atoms with Crippen molar-refractivity contribution in [3.05, 3.63) is 60.2 Å². The predicted molar refractivity (Wildman–Crippen MR) is 71.9 cm³/mol. The summed E-state index contributed by atoms with van der Waals surface area (Å²) in [5, 5.41) is 0. The van der Waals surface area contributed by atoms with Crippen LogP contribution in [0.4, 0.5) is 0 Å². The highest BCUT2D eigenvalue weighted by atomic mass is 14.7. The summed E-state index contributed by atoms with van der Waals surface area (Å²) in [5.41, 5.74) is 2.46. The zero-order valence-electron chi connectivity index (χ0n) is 10.8. The standard InChI is InChI=1S/C8H11N.C7H9N/c1-7(2)8-5-3-4-6-9-8;1-2-7-4-3-5-8-6-7/h3-7H,1-2H3;3-6H,2H2,1H3. The van der Waals surface area contributed by atoms with Gasteiger partial charge >= 0.3 is 0 Å². The minimum absolute atomic E-state index is 0.547. The minimum atomic E-state index is 0.547. The second kappa shape index (κ2) is 7.55. The van der Waals surface area contributed by atoms with Crippen LogP contribution in [-0.4, -0.2) is 9.97 Å². The van der Waals surface area contributed by atoms with Gasteiger partial charge in [-0.15, -0.1) is 0 Å². The lowest BCUT2D eigenvalue weighted by Gasteiger charge is -2.00. The zero-order chi connectivity index (χ0) is 12.5. The highest BCUT2D eigenvalue weighted by Gasteiger charge is 1.95. The first-order valence-electron chi connectivity index (χ1n) is 6.03. The molecule has 0 atom stereocenters. The van der Waals surface area contributed by atoms with Crippen LogP contribution < -0.4 is 0 Å². The molecule has 17 heavy (non-hydrogen) atoms. The summed E-state index contributed by atoms with van der Waals surface area (Å²) in [6, 6.07) is 10.0. The van der Waals surface area contributed by atoms with Crippen LogP contribution in [0.2, 0.25) is 0 Å². The average molecular weight is 228 g/mol. The van der Waals surface area contributed by atoms with Gasteiger partial charge in [0, 0.05) is 24.3 Å². The lowest BCUT2D eigenvalue weighted by Crippen LogP contribution is -1.88. The quantitative estimate of drug-likeness (QED) is 0.780. The van der Waals surface area contributed by atoms with E-state index in [1.165, 1.54) is 5.56 Å². The van der Waals surface area contributed by atoms with Crippen molar-refractivity contribution in [1.82, 2.24) is 9.97 Å². The Labute approximate surface area is 104 Å². The van der Waals surface area contributed by atoms with Crippen molar-refractivity contribution < 1.29 is 0 Å². The molecule has 0 aromatic carbocycles. The summed E-state index contributed by atoms with van der Waals surface area (Å²) in [4.78, 5) is 8.13. The zero-order valence-corrected chi connectivity index (χ0v) is 10.8. The summed E-state index contributed by atoms with van der Waals surface area (Å²) in [5.74, 6) is 0.547. The third-order valence-electron chi connectivity index (χ3n) is 2.41. The van der Waals surface area contributed by atoms with Gasteiger partial charge in [-0.2, -0.15) is 0 Å². The molecule has 0 bridgehead atoms. The molecule has 0 aliphatic heterocycles. The number of nitrogens with zero attached hydrogens (tertiary/aromatic N) is 2. The van der Waals surface area contributed by atoms with Gasteiger partial charge in [-0.3, -0.25) is 9.97 Å². The lowest BCUT2D eigenvalue weighted by molar-refractivity contribution is 0.823. The Morgan fingerprint density at radius 3 is 2.24 bits per heavy atom. The molecule has 0 N–H and O–H groups in total. The molecule has 0 aliphatic rings. The van der Waals surface area contributed by atoms with Gasteiger partial charge in [-0.1, -0.05) is 32.9 Å². The normalized spacial score (nSPS) is 9.65. The van der Waals surface area contributed by atoms with E-state index >= 15 is 0 Å². The summed E-state index contributed by atoms with van der Waals surface area (Å²) < 4.78 is 0. The largest absolute Gasteiger partial charge is 0.264 e. The van der Waals surface area contributed by atoms with Crippen LogP contribution in [0.25, 0.3) is 0 Å². The second-order valence-electron chi connectivity index (χ2n) is 4.12. The van der Waals surface area contributed by atoms with Gasteiger partial charge in [-0.25, -0.2) is 0 Å². The summed E-state index contributed by atoms with van der Waals surface area (Å²) in [6.45, 7) is 6.40. The lowest BCUT2D eigenvalue weighted by atomic mass is 10.1. The molecule has 2 aromatic rings. The Balaban J connectivity index is 0.000000171. The van der Waals surface area contributed by atoms with Crippen LogP contribution in [0.5, 0.6) is 0 Å². The topological polar surface area (TPSA) is 25.8 Å². The van der Waals surface area contributed by atoms with Gasteiger partial charge in [0.25, 0.3) is 0 Å². The van der Waals surface area contributed by atoms with Crippen molar-refractivity contribution in [1.29, 1.82) is 0 Å². The molecule has 2 heteroatoms. The molecule has 0 spiro atoms. The molecule has 2 rings (SSSR count). The number of hydrogen-bond donors (Lipinski definition) is 0. The fourth-order valence-electron chi connectivity index (χ4n) is 1.32. The molecule has 0 unspecified atom stereocenters. The maximum Gasteiger partial charge on any atom is 0.0428 e. The Kier molecular flexibility index (Phi) is 5.94. The minimum Gasteiger partial charge on any atom is -0.264 e. The van der Waals surface area contributed by atoms with Gasteiger partial charge in [0.2, 0.25) is 0 Å². The maximum atomic E-state index is 4.18. The monoisotopic (exact) mass is 228 g/mol. The van der Waals surface area contributed by atoms with E-state index in [0.717, 1.165) is 12.1 Å². The van der Waals surface area contributed by atoms with Crippen LogP contribution in [-0.2, 0) is 6.42 Å².